The summed E-state index contributed by atoms with van der Waals surface area (Å²) >= 11 is 5.57. The van der Waals surface area contributed by atoms with Crippen LogP contribution in [0.1, 0.15) is 11.3 Å². The molecule has 60 valence electrons. The number of halogens is 1. The first-order valence-electron chi connectivity index (χ1n) is 3.47. The van der Waals surface area contributed by atoms with Gasteiger partial charge in [-0.15, -0.1) is 11.6 Å². The van der Waals surface area contributed by atoms with E-state index in [1.54, 1.807) is 6.20 Å². The summed E-state index contributed by atoms with van der Waals surface area (Å²) in [6.45, 7) is 0.146. The molecule has 2 nitrogen and oxygen atoms in total. The molecule has 0 saturated carbocycles. The van der Waals surface area contributed by atoms with Crippen molar-refractivity contribution in [3.63, 3.8) is 0 Å². The first-order chi connectivity index (χ1) is 5.36. The number of alkyl halides is 1. The molecule has 0 aromatic carbocycles. The summed E-state index contributed by atoms with van der Waals surface area (Å²) in [4.78, 5) is 4.09. The molecule has 1 aromatic heterocycles. The Bertz CT molecular complexity index is 210. The van der Waals surface area contributed by atoms with Crippen LogP contribution in [0.5, 0.6) is 0 Å². The fourth-order valence-corrected chi connectivity index (χ4v) is 0.955. The minimum atomic E-state index is 0.146. The Labute approximate surface area is 70.8 Å². The van der Waals surface area contributed by atoms with Crippen LogP contribution in [0, 0.1) is 0 Å². The van der Waals surface area contributed by atoms with Crippen molar-refractivity contribution in [3.8, 4) is 0 Å². The fourth-order valence-electron chi connectivity index (χ4n) is 0.797. The maximum atomic E-state index is 8.58. The van der Waals surface area contributed by atoms with Crippen LogP contribution >= 0.6 is 11.6 Å². The number of hydrogen-bond donors (Lipinski definition) is 1. The van der Waals surface area contributed by atoms with Gasteiger partial charge in [0, 0.05) is 30.8 Å². The minimum Gasteiger partial charge on any atom is -0.396 e. The van der Waals surface area contributed by atoms with E-state index in [0.29, 0.717) is 12.3 Å². The van der Waals surface area contributed by atoms with Crippen LogP contribution in [0.3, 0.4) is 0 Å². The molecule has 0 unspecified atom stereocenters. The number of aliphatic hydroxyl groups excluding tert-OH is 1. The maximum absolute atomic E-state index is 8.58. The van der Waals surface area contributed by atoms with Gasteiger partial charge in [-0.3, -0.25) is 4.98 Å². The Morgan fingerprint density at radius 2 is 2.27 bits per heavy atom. The number of hydrogen-bond acceptors (Lipinski definition) is 2. The Kier molecular flexibility index (Phi) is 3.33. The van der Waals surface area contributed by atoms with E-state index in [9.17, 15) is 0 Å². The molecule has 1 N–H and O–H groups in total. The van der Waals surface area contributed by atoms with E-state index in [0.717, 1.165) is 11.3 Å². The standard InChI is InChI=1S/C8H10ClNO/c9-5-7-1-2-8(3-4-11)10-6-7/h1-2,6,11H,3-5H2. The molecule has 0 aliphatic carbocycles. The molecule has 0 amide bonds. The number of aliphatic hydroxyl groups is 1. The summed E-state index contributed by atoms with van der Waals surface area (Å²) in [6.07, 6.45) is 2.35. The third-order valence-electron chi connectivity index (χ3n) is 1.41. The van der Waals surface area contributed by atoms with Crippen LogP contribution in [0.15, 0.2) is 18.3 Å². The highest BCUT2D eigenvalue weighted by atomic mass is 35.5. The molecule has 0 atom stereocenters. The summed E-state index contributed by atoms with van der Waals surface area (Å²) in [5.74, 6) is 0.492. The number of pyridine rings is 1. The monoisotopic (exact) mass is 171 g/mol. The first-order valence-corrected chi connectivity index (χ1v) is 4.01. The number of rotatable bonds is 3. The number of nitrogens with zero attached hydrogens (tertiary/aromatic N) is 1. The van der Waals surface area contributed by atoms with Crippen LogP contribution in [-0.4, -0.2) is 16.7 Å². The van der Waals surface area contributed by atoms with Crippen molar-refractivity contribution in [1.29, 1.82) is 0 Å². The Morgan fingerprint density at radius 1 is 1.45 bits per heavy atom. The summed E-state index contributed by atoms with van der Waals surface area (Å²) < 4.78 is 0. The molecule has 3 heteroatoms. The maximum Gasteiger partial charge on any atom is 0.0489 e. The van der Waals surface area contributed by atoms with Gasteiger partial charge in [0.1, 0.15) is 0 Å². The van der Waals surface area contributed by atoms with Crippen molar-refractivity contribution in [2.75, 3.05) is 6.61 Å². The molecule has 1 aromatic rings. The van der Waals surface area contributed by atoms with Gasteiger partial charge in [0.15, 0.2) is 0 Å². The van der Waals surface area contributed by atoms with Crippen LogP contribution in [0.25, 0.3) is 0 Å². The quantitative estimate of drug-likeness (QED) is 0.697. The van der Waals surface area contributed by atoms with Gasteiger partial charge in [-0.1, -0.05) is 6.07 Å². The predicted molar refractivity (Wildman–Crippen MR) is 44.6 cm³/mol. The molecule has 0 bridgehead atoms. The second-order valence-corrected chi connectivity index (χ2v) is 2.53. The normalized spacial score (nSPS) is 10.0. The van der Waals surface area contributed by atoms with E-state index >= 15 is 0 Å². The van der Waals surface area contributed by atoms with E-state index in [1.807, 2.05) is 12.1 Å². The summed E-state index contributed by atoms with van der Waals surface area (Å²) in [5, 5.41) is 8.58. The van der Waals surface area contributed by atoms with Crippen molar-refractivity contribution in [3.05, 3.63) is 29.6 Å². The number of aromatic nitrogens is 1. The average molecular weight is 172 g/mol. The highest BCUT2D eigenvalue weighted by Crippen LogP contribution is 2.03. The lowest BCUT2D eigenvalue weighted by atomic mass is 10.2. The lowest BCUT2D eigenvalue weighted by Crippen LogP contribution is -1.94. The highest BCUT2D eigenvalue weighted by molar-refractivity contribution is 6.17. The van der Waals surface area contributed by atoms with E-state index < -0.39 is 0 Å². The molecular formula is C8H10ClNO. The van der Waals surface area contributed by atoms with Crippen LogP contribution in [0.4, 0.5) is 0 Å². The van der Waals surface area contributed by atoms with E-state index in [4.69, 9.17) is 16.7 Å². The molecular weight excluding hydrogens is 162 g/mol. The predicted octanol–water partition coefficient (Wildman–Crippen LogP) is 1.36. The van der Waals surface area contributed by atoms with Crippen molar-refractivity contribution in [2.45, 2.75) is 12.3 Å². The van der Waals surface area contributed by atoms with Crippen molar-refractivity contribution < 1.29 is 5.11 Å². The van der Waals surface area contributed by atoms with E-state index in [2.05, 4.69) is 4.98 Å². The molecule has 1 rings (SSSR count). The molecule has 11 heavy (non-hydrogen) atoms. The smallest absolute Gasteiger partial charge is 0.0489 e. The lowest BCUT2D eigenvalue weighted by molar-refractivity contribution is 0.298. The van der Waals surface area contributed by atoms with Crippen LogP contribution in [-0.2, 0) is 12.3 Å². The third-order valence-corrected chi connectivity index (χ3v) is 1.72. The molecule has 0 saturated heterocycles. The summed E-state index contributed by atoms with van der Waals surface area (Å²) in [5.41, 5.74) is 1.91. The Hall–Kier alpha value is -0.600. The molecule has 0 aliphatic heterocycles. The first kappa shape index (κ1) is 8.50. The zero-order valence-corrected chi connectivity index (χ0v) is 6.88. The molecule has 0 spiro atoms. The highest BCUT2D eigenvalue weighted by Gasteiger charge is 1.93. The molecule has 0 fully saturated rings. The van der Waals surface area contributed by atoms with Crippen LogP contribution < -0.4 is 0 Å². The third kappa shape index (κ3) is 2.48. The zero-order valence-electron chi connectivity index (χ0n) is 6.13. The van der Waals surface area contributed by atoms with E-state index in [-0.39, 0.29) is 6.61 Å². The van der Waals surface area contributed by atoms with Gasteiger partial charge in [0.25, 0.3) is 0 Å². The average Bonchev–Trinajstić information content (AvgIpc) is 2.07. The SMILES string of the molecule is OCCc1ccc(CCl)cn1. The Balaban J connectivity index is 2.66. The second kappa shape index (κ2) is 4.31. The van der Waals surface area contributed by atoms with Gasteiger partial charge < -0.3 is 5.11 Å². The van der Waals surface area contributed by atoms with Gasteiger partial charge in [0.2, 0.25) is 0 Å². The van der Waals surface area contributed by atoms with Crippen LogP contribution in [0.2, 0.25) is 0 Å². The van der Waals surface area contributed by atoms with Gasteiger partial charge in [0.05, 0.1) is 0 Å². The lowest BCUT2D eigenvalue weighted by Gasteiger charge is -1.97. The minimum absolute atomic E-state index is 0.146. The summed E-state index contributed by atoms with van der Waals surface area (Å²) in [6, 6.07) is 3.80. The largest absolute Gasteiger partial charge is 0.396 e. The van der Waals surface area contributed by atoms with Gasteiger partial charge >= 0.3 is 0 Å². The molecule has 1 heterocycles. The second-order valence-electron chi connectivity index (χ2n) is 2.27. The van der Waals surface area contributed by atoms with Gasteiger partial charge in [-0.05, 0) is 11.6 Å². The van der Waals surface area contributed by atoms with Gasteiger partial charge in [-0.2, -0.15) is 0 Å². The van der Waals surface area contributed by atoms with Crippen molar-refractivity contribution in [2.24, 2.45) is 0 Å². The zero-order chi connectivity index (χ0) is 8.10. The topological polar surface area (TPSA) is 33.1 Å². The molecule has 0 radical (unpaired) electrons. The van der Waals surface area contributed by atoms with Crippen molar-refractivity contribution in [1.82, 2.24) is 4.98 Å². The Morgan fingerprint density at radius 3 is 2.73 bits per heavy atom. The van der Waals surface area contributed by atoms with Gasteiger partial charge in [-0.25, -0.2) is 0 Å². The fraction of sp³-hybridized carbons (Fsp3) is 0.375. The van der Waals surface area contributed by atoms with E-state index in [1.165, 1.54) is 0 Å². The molecule has 0 aliphatic rings. The van der Waals surface area contributed by atoms with Crippen molar-refractivity contribution >= 4 is 11.6 Å². The summed E-state index contributed by atoms with van der Waals surface area (Å²) in [7, 11) is 0.